The molecule has 0 saturated heterocycles. The lowest BCUT2D eigenvalue weighted by molar-refractivity contribution is -0.605. The van der Waals surface area contributed by atoms with Crippen molar-refractivity contribution in [1.82, 2.24) is 4.98 Å². The first-order valence-electron chi connectivity index (χ1n) is 6.22. The molecule has 0 saturated carbocycles. The van der Waals surface area contributed by atoms with Gasteiger partial charge in [-0.3, -0.25) is 4.79 Å². The third-order valence-electron chi connectivity index (χ3n) is 2.89. The number of amides is 1. The number of aromatic nitrogens is 2. The fourth-order valence-electron chi connectivity index (χ4n) is 1.83. The van der Waals surface area contributed by atoms with E-state index in [2.05, 4.69) is 10.3 Å². The predicted molar refractivity (Wildman–Crippen MR) is 80.9 cm³/mol. The highest BCUT2D eigenvalue weighted by molar-refractivity contribution is 7.13. The van der Waals surface area contributed by atoms with Gasteiger partial charge in [0.2, 0.25) is 0 Å². The van der Waals surface area contributed by atoms with Gasteiger partial charge in [-0.25, -0.2) is 4.98 Å². The fourth-order valence-corrected chi connectivity index (χ4v) is 2.47. The Kier molecular flexibility index (Phi) is 3.61. The Balaban J connectivity index is 1.73. The van der Waals surface area contributed by atoms with Crippen LogP contribution in [-0.2, 0) is 0 Å². The van der Waals surface area contributed by atoms with E-state index in [-0.39, 0.29) is 5.91 Å². The summed E-state index contributed by atoms with van der Waals surface area (Å²) in [6, 6.07) is 10.4. The monoisotopic (exact) mass is 297 g/mol. The minimum Gasteiger partial charge on any atom is -0.619 e. The van der Waals surface area contributed by atoms with Crippen molar-refractivity contribution in [2.45, 2.75) is 0 Å². The molecule has 104 valence electrons. The summed E-state index contributed by atoms with van der Waals surface area (Å²) in [6.45, 7) is 0. The molecule has 0 unspecified atom stereocenters. The average molecular weight is 297 g/mol. The standard InChI is InChI=1S/C15H11N3O2S/c19-14(11-5-8-18(20)9-6-11)17-13-3-1-12(2-4-13)15-16-7-10-21-15/h1-10H,(H,17,19). The van der Waals surface area contributed by atoms with Crippen LogP contribution in [0.3, 0.4) is 0 Å². The second-order valence-electron chi connectivity index (χ2n) is 4.32. The number of pyridine rings is 1. The molecule has 1 amide bonds. The molecule has 0 aliphatic rings. The molecule has 0 spiro atoms. The molecule has 1 N–H and O–H groups in total. The lowest BCUT2D eigenvalue weighted by atomic mass is 10.2. The number of rotatable bonds is 3. The molecule has 2 heterocycles. The molecular formula is C15H11N3O2S. The van der Waals surface area contributed by atoms with Crippen LogP contribution in [0.15, 0.2) is 60.4 Å². The molecule has 21 heavy (non-hydrogen) atoms. The molecule has 6 heteroatoms. The minimum atomic E-state index is -0.252. The highest BCUT2D eigenvalue weighted by Crippen LogP contribution is 2.23. The smallest absolute Gasteiger partial charge is 0.256 e. The maximum atomic E-state index is 12.0. The molecule has 3 aromatic rings. The van der Waals surface area contributed by atoms with Gasteiger partial charge < -0.3 is 10.5 Å². The first kappa shape index (κ1) is 13.3. The van der Waals surface area contributed by atoms with E-state index >= 15 is 0 Å². The Morgan fingerprint density at radius 2 is 1.86 bits per heavy atom. The van der Waals surface area contributed by atoms with Crippen LogP contribution < -0.4 is 10.0 Å². The summed E-state index contributed by atoms with van der Waals surface area (Å²) in [5.74, 6) is -0.252. The number of thiazole rings is 1. The van der Waals surface area contributed by atoms with E-state index < -0.39 is 0 Å². The van der Waals surface area contributed by atoms with Crippen LogP contribution in [0.1, 0.15) is 10.4 Å². The topological polar surface area (TPSA) is 68.9 Å². The third-order valence-corrected chi connectivity index (χ3v) is 3.71. The lowest BCUT2D eigenvalue weighted by Crippen LogP contribution is -2.25. The second kappa shape index (κ2) is 5.72. The molecule has 0 atom stereocenters. The van der Waals surface area contributed by atoms with E-state index in [1.165, 1.54) is 24.5 Å². The molecule has 2 aromatic heterocycles. The van der Waals surface area contributed by atoms with Crippen molar-refractivity contribution in [2.24, 2.45) is 0 Å². The van der Waals surface area contributed by atoms with Crippen LogP contribution in [0.25, 0.3) is 10.6 Å². The molecule has 1 aromatic carbocycles. The quantitative estimate of drug-likeness (QED) is 0.597. The highest BCUT2D eigenvalue weighted by atomic mass is 32.1. The van der Waals surface area contributed by atoms with Crippen LogP contribution in [-0.4, -0.2) is 10.9 Å². The summed E-state index contributed by atoms with van der Waals surface area (Å²) >= 11 is 1.56. The molecule has 3 rings (SSSR count). The zero-order valence-corrected chi connectivity index (χ0v) is 11.7. The number of nitrogens with zero attached hydrogens (tertiary/aromatic N) is 2. The number of hydrogen-bond donors (Lipinski definition) is 1. The Bertz CT molecular complexity index is 738. The van der Waals surface area contributed by atoms with Gasteiger partial charge in [0.15, 0.2) is 12.4 Å². The Hall–Kier alpha value is -2.73. The van der Waals surface area contributed by atoms with Crippen LogP contribution in [0.4, 0.5) is 5.69 Å². The van der Waals surface area contributed by atoms with E-state index in [0.717, 1.165) is 10.6 Å². The zero-order chi connectivity index (χ0) is 14.7. The molecular weight excluding hydrogens is 286 g/mol. The molecule has 0 aliphatic carbocycles. The first-order valence-corrected chi connectivity index (χ1v) is 7.10. The largest absolute Gasteiger partial charge is 0.619 e. The Morgan fingerprint density at radius 1 is 1.14 bits per heavy atom. The lowest BCUT2D eigenvalue weighted by Gasteiger charge is -2.05. The number of carbonyl (C=O) groups excluding carboxylic acids is 1. The van der Waals surface area contributed by atoms with Gasteiger partial charge in [-0.2, -0.15) is 4.73 Å². The summed E-state index contributed by atoms with van der Waals surface area (Å²) in [5.41, 5.74) is 2.14. The van der Waals surface area contributed by atoms with Gasteiger partial charge in [-0.1, -0.05) is 0 Å². The van der Waals surface area contributed by atoms with E-state index in [0.29, 0.717) is 16.0 Å². The summed E-state index contributed by atoms with van der Waals surface area (Å²) in [7, 11) is 0. The van der Waals surface area contributed by atoms with Crippen molar-refractivity contribution in [1.29, 1.82) is 0 Å². The molecule has 0 fully saturated rings. The predicted octanol–water partition coefficient (Wildman–Crippen LogP) is 2.70. The zero-order valence-electron chi connectivity index (χ0n) is 10.9. The number of carbonyl (C=O) groups is 1. The SMILES string of the molecule is O=C(Nc1ccc(-c2nccs2)cc1)c1cc[n+]([O-])cc1. The normalized spacial score (nSPS) is 10.3. The van der Waals surface area contributed by atoms with Crippen molar-refractivity contribution >= 4 is 22.9 Å². The van der Waals surface area contributed by atoms with Crippen molar-refractivity contribution in [3.8, 4) is 10.6 Å². The summed E-state index contributed by atoms with van der Waals surface area (Å²) in [6.07, 6.45) is 4.34. The van der Waals surface area contributed by atoms with E-state index in [9.17, 15) is 10.0 Å². The molecule has 0 bridgehead atoms. The van der Waals surface area contributed by atoms with Crippen molar-refractivity contribution in [3.63, 3.8) is 0 Å². The van der Waals surface area contributed by atoms with Gasteiger partial charge in [-0.15, -0.1) is 11.3 Å². The van der Waals surface area contributed by atoms with E-state index in [1.807, 2.05) is 29.6 Å². The Labute approximate surface area is 125 Å². The summed E-state index contributed by atoms with van der Waals surface area (Å²) < 4.78 is 0.638. The van der Waals surface area contributed by atoms with Gasteiger partial charge in [0.05, 0.1) is 5.56 Å². The van der Waals surface area contributed by atoms with Crippen LogP contribution in [0, 0.1) is 5.21 Å². The van der Waals surface area contributed by atoms with E-state index in [4.69, 9.17) is 0 Å². The Morgan fingerprint density at radius 3 is 2.48 bits per heavy atom. The number of nitrogens with one attached hydrogen (secondary N) is 1. The van der Waals surface area contributed by atoms with Gasteiger partial charge in [-0.05, 0) is 24.3 Å². The maximum Gasteiger partial charge on any atom is 0.256 e. The van der Waals surface area contributed by atoms with Crippen molar-refractivity contribution in [2.75, 3.05) is 5.32 Å². The van der Waals surface area contributed by atoms with Gasteiger partial charge in [0.1, 0.15) is 5.01 Å². The number of anilines is 1. The minimum absolute atomic E-state index is 0.252. The van der Waals surface area contributed by atoms with Gasteiger partial charge >= 0.3 is 0 Å². The summed E-state index contributed by atoms with van der Waals surface area (Å²) in [4.78, 5) is 16.2. The van der Waals surface area contributed by atoms with Crippen LogP contribution in [0.2, 0.25) is 0 Å². The van der Waals surface area contributed by atoms with Crippen molar-refractivity contribution in [3.05, 3.63) is 71.1 Å². The molecule has 0 aliphatic heterocycles. The van der Waals surface area contributed by atoms with Gasteiger partial charge in [0, 0.05) is 35.0 Å². The third kappa shape index (κ3) is 3.06. The fraction of sp³-hybridized carbons (Fsp3) is 0. The van der Waals surface area contributed by atoms with Crippen molar-refractivity contribution < 1.29 is 9.52 Å². The number of hydrogen-bond acceptors (Lipinski definition) is 4. The molecule has 5 nitrogen and oxygen atoms in total. The van der Waals surface area contributed by atoms with Gasteiger partial charge in [0.25, 0.3) is 5.91 Å². The van der Waals surface area contributed by atoms with Crippen LogP contribution in [0.5, 0.6) is 0 Å². The van der Waals surface area contributed by atoms with E-state index in [1.54, 1.807) is 17.5 Å². The second-order valence-corrected chi connectivity index (χ2v) is 5.21. The summed E-state index contributed by atoms with van der Waals surface area (Å²) in [5, 5.41) is 16.6. The highest BCUT2D eigenvalue weighted by Gasteiger charge is 2.07. The van der Waals surface area contributed by atoms with Crippen LogP contribution >= 0.6 is 11.3 Å². The first-order chi connectivity index (χ1) is 10.2. The molecule has 0 radical (unpaired) electrons. The maximum absolute atomic E-state index is 12.0. The number of benzene rings is 1. The average Bonchev–Trinajstić information content (AvgIpc) is 3.03.